The van der Waals surface area contributed by atoms with Gasteiger partial charge in [-0.3, -0.25) is 4.79 Å². The lowest BCUT2D eigenvalue weighted by Crippen LogP contribution is -2.43. The largest absolute Gasteiger partial charge is 0.356 e. The third kappa shape index (κ3) is 9.65. The van der Waals surface area contributed by atoms with Crippen LogP contribution in [0.25, 0.3) is 0 Å². The highest BCUT2D eigenvalue weighted by Gasteiger charge is 2.15. The van der Waals surface area contributed by atoms with E-state index in [1.54, 1.807) is 23.9 Å². The van der Waals surface area contributed by atoms with E-state index in [0.717, 1.165) is 29.9 Å². The SMILES string of the molecule is O=C(CCCNC(=O)NC1CCCCC1)NCCCSc1ccc(F)cc1. The van der Waals surface area contributed by atoms with Gasteiger partial charge in [0.05, 0.1) is 0 Å². The van der Waals surface area contributed by atoms with E-state index in [1.807, 2.05) is 0 Å². The lowest BCUT2D eigenvalue weighted by atomic mass is 9.96. The van der Waals surface area contributed by atoms with Crippen LogP contribution in [0.4, 0.5) is 9.18 Å². The van der Waals surface area contributed by atoms with Crippen molar-refractivity contribution in [2.24, 2.45) is 0 Å². The van der Waals surface area contributed by atoms with Gasteiger partial charge < -0.3 is 16.0 Å². The van der Waals surface area contributed by atoms with Crippen molar-refractivity contribution in [3.63, 3.8) is 0 Å². The summed E-state index contributed by atoms with van der Waals surface area (Å²) >= 11 is 1.65. The fourth-order valence-corrected chi connectivity index (χ4v) is 3.90. The molecule has 0 saturated heterocycles. The van der Waals surface area contributed by atoms with Crippen molar-refractivity contribution < 1.29 is 14.0 Å². The van der Waals surface area contributed by atoms with E-state index in [-0.39, 0.29) is 17.8 Å². The van der Waals surface area contributed by atoms with E-state index in [0.29, 0.717) is 32.0 Å². The third-order valence-corrected chi connectivity index (χ3v) is 5.63. The van der Waals surface area contributed by atoms with Crippen molar-refractivity contribution in [2.75, 3.05) is 18.8 Å². The van der Waals surface area contributed by atoms with Crippen LogP contribution in [0.15, 0.2) is 29.2 Å². The van der Waals surface area contributed by atoms with Gasteiger partial charge in [-0.05, 0) is 55.7 Å². The van der Waals surface area contributed by atoms with Gasteiger partial charge in [-0.1, -0.05) is 19.3 Å². The normalized spacial score (nSPS) is 14.6. The molecular formula is C20H30FN3O2S. The zero-order valence-corrected chi connectivity index (χ0v) is 16.6. The molecule has 7 heteroatoms. The molecule has 3 N–H and O–H groups in total. The molecular weight excluding hydrogens is 365 g/mol. The second-order valence-electron chi connectivity index (χ2n) is 6.84. The van der Waals surface area contributed by atoms with E-state index in [1.165, 1.54) is 31.4 Å². The van der Waals surface area contributed by atoms with E-state index in [9.17, 15) is 14.0 Å². The second kappa shape index (κ2) is 12.6. The number of urea groups is 1. The molecule has 1 fully saturated rings. The van der Waals surface area contributed by atoms with Gasteiger partial charge >= 0.3 is 6.03 Å². The van der Waals surface area contributed by atoms with Crippen LogP contribution in [0, 0.1) is 5.82 Å². The first kappa shape index (κ1) is 21.5. The van der Waals surface area contributed by atoms with Crippen LogP contribution in [-0.4, -0.2) is 36.8 Å². The average molecular weight is 396 g/mol. The van der Waals surface area contributed by atoms with E-state index >= 15 is 0 Å². The minimum atomic E-state index is -0.229. The summed E-state index contributed by atoms with van der Waals surface area (Å²) in [5.74, 6) is 0.651. The smallest absolute Gasteiger partial charge is 0.315 e. The molecule has 1 aliphatic rings. The molecule has 0 spiro atoms. The van der Waals surface area contributed by atoms with Crippen molar-refractivity contribution in [3.05, 3.63) is 30.1 Å². The lowest BCUT2D eigenvalue weighted by Gasteiger charge is -2.22. The molecule has 0 bridgehead atoms. The Balaban J connectivity index is 1.42. The number of thioether (sulfide) groups is 1. The molecule has 1 saturated carbocycles. The maximum atomic E-state index is 12.8. The van der Waals surface area contributed by atoms with Crippen LogP contribution in [0.1, 0.15) is 51.4 Å². The minimum absolute atomic E-state index is 0.0104. The summed E-state index contributed by atoms with van der Waals surface area (Å²) in [5, 5.41) is 8.71. The predicted octanol–water partition coefficient (Wildman–Crippen LogP) is 3.84. The highest BCUT2D eigenvalue weighted by molar-refractivity contribution is 7.99. The molecule has 2 rings (SSSR count). The Morgan fingerprint density at radius 2 is 1.70 bits per heavy atom. The molecule has 1 aromatic rings. The van der Waals surface area contributed by atoms with Crippen LogP contribution in [0.3, 0.4) is 0 Å². The van der Waals surface area contributed by atoms with Crippen LogP contribution in [0.5, 0.6) is 0 Å². The highest BCUT2D eigenvalue weighted by atomic mass is 32.2. The van der Waals surface area contributed by atoms with Crippen molar-refractivity contribution >= 4 is 23.7 Å². The molecule has 0 atom stereocenters. The summed E-state index contributed by atoms with van der Waals surface area (Å²) in [4.78, 5) is 24.6. The number of benzene rings is 1. The minimum Gasteiger partial charge on any atom is -0.356 e. The molecule has 1 aliphatic carbocycles. The lowest BCUT2D eigenvalue weighted by molar-refractivity contribution is -0.121. The first-order valence-electron chi connectivity index (χ1n) is 9.83. The zero-order valence-electron chi connectivity index (χ0n) is 15.8. The Bertz CT molecular complexity index is 577. The molecule has 150 valence electrons. The van der Waals surface area contributed by atoms with Gasteiger partial charge in [-0.25, -0.2) is 9.18 Å². The van der Waals surface area contributed by atoms with Gasteiger partial charge in [0.25, 0.3) is 0 Å². The van der Waals surface area contributed by atoms with Gasteiger partial charge in [-0.2, -0.15) is 0 Å². The standard InChI is InChI=1S/C20H30FN3O2S/c21-16-9-11-18(12-10-16)27-15-5-14-22-19(25)8-4-13-23-20(26)24-17-6-2-1-3-7-17/h9-12,17H,1-8,13-15H2,(H,22,25)(H2,23,24,26). The van der Waals surface area contributed by atoms with Crippen molar-refractivity contribution in [3.8, 4) is 0 Å². The van der Waals surface area contributed by atoms with Crippen LogP contribution < -0.4 is 16.0 Å². The third-order valence-electron chi connectivity index (χ3n) is 4.53. The number of amides is 3. The Morgan fingerprint density at radius 1 is 1.00 bits per heavy atom. The molecule has 0 aliphatic heterocycles. The Kier molecular flexibility index (Phi) is 10.0. The fraction of sp³-hybridized carbons (Fsp3) is 0.600. The van der Waals surface area contributed by atoms with Crippen LogP contribution >= 0.6 is 11.8 Å². The summed E-state index contributed by atoms with van der Waals surface area (Å²) in [6.45, 7) is 1.13. The van der Waals surface area contributed by atoms with Crippen LogP contribution in [0.2, 0.25) is 0 Å². The summed E-state index contributed by atoms with van der Waals surface area (Å²) in [6.07, 6.45) is 7.67. The summed E-state index contributed by atoms with van der Waals surface area (Å²) < 4.78 is 12.8. The van der Waals surface area contributed by atoms with Crippen LogP contribution in [-0.2, 0) is 4.79 Å². The summed E-state index contributed by atoms with van der Waals surface area (Å²) in [6, 6.07) is 6.60. The van der Waals surface area contributed by atoms with Gasteiger partial charge in [0.1, 0.15) is 5.82 Å². The number of carbonyl (C=O) groups excluding carboxylic acids is 2. The second-order valence-corrected chi connectivity index (χ2v) is 8.01. The van der Waals surface area contributed by atoms with Crippen molar-refractivity contribution in [2.45, 2.75) is 62.3 Å². The Labute approximate surface area is 165 Å². The number of hydrogen-bond acceptors (Lipinski definition) is 3. The van der Waals surface area contributed by atoms with E-state index in [4.69, 9.17) is 0 Å². The van der Waals surface area contributed by atoms with Crippen molar-refractivity contribution in [1.82, 2.24) is 16.0 Å². The topological polar surface area (TPSA) is 70.2 Å². The van der Waals surface area contributed by atoms with E-state index < -0.39 is 0 Å². The zero-order chi connectivity index (χ0) is 19.3. The first-order chi connectivity index (χ1) is 13.1. The molecule has 27 heavy (non-hydrogen) atoms. The summed E-state index contributed by atoms with van der Waals surface area (Å²) in [7, 11) is 0. The van der Waals surface area contributed by atoms with Gasteiger partial charge in [0.2, 0.25) is 5.91 Å². The quantitative estimate of drug-likeness (QED) is 0.416. The predicted molar refractivity (Wildman–Crippen MR) is 107 cm³/mol. The fourth-order valence-electron chi connectivity index (χ4n) is 3.04. The molecule has 1 aromatic carbocycles. The van der Waals surface area contributed by atoms with E-state index in [2.05, 4.69) is 16.0 Å². The monoisotopic (exact) mass is 395 g/mol. The summed E-state index contributed by atoms with van der Waals surface area (Å²) in [5.41, 5.74) is 0. The Morgan fingerprint density at radius 3 is 2.44 bits per heavy atom. The molecule has 0 unspecified atom stereocenters. The molecule has 0 aromatic heterocycles. The average Bonchev–Trinajstić information content (AvgIpc) is 2.67. The Hall–Kier alpha value is -1.76. The number of rotatable bonds is 10. The number of hydrogen-bond donors (Lipinski definition) is 3. The number of nitrogens with one attached hydrogen (secondary N) is 3. The number of halogens is 1. The molecule has 5 nitrogen and oxygen atoms in total. The number of carbonyl (C=O) groups is 2. The first-order valence-corrected chi connectivity index (χ1v) is 10.8. The molecule has 0 radical (unpaired) electrons. The van der Waals surface area contributed by atoms with Gasteiger partial charge in [0.15, 0.2) is 0 Å². The highest BCUT2D eigenvalue weighted by Crippen LogP contribution is 2.18. The maximum absolute atomic E-state index is 12.8. The van der Waals surface area contributed by atoms with Gasteiger partial charge in [0, 0.05) is 30.4 Å². The molecule has 0 heterocycles. The van der Waals surface area contributed by atoms with Gasteiger partial charge in [-0.15, -0.1) is 11.8 Å². The molecule has 3 amide bonds. The maximum Gasteiger partial charge on any atom is 0.315 e. The van der Waals surface area contributed by atoms with Crippen molar-refractivity contribution in [1.29, 1.82) is 0 Å².